The summed E-state index contributed by atoms with van der Waals surface area (Å²) in [6.07, 6.45) is 15.8. The molecule has 64 heavy (non-hydrogen) atoms. The zero-order chi connectivity index (χ0) is 42.7. The minimum atomic E-state index is 0.572. The van der Waals surface area contributed by atoms with Crippen LogP contribution in [0.25, 0.3) is 82.9 Å². The maximum atomic E-state index is 5.22. The normalized spacial score (nSPS) is 15.7. The van der Waals surface area contributed by atoms with Gasteiger partial charge in [-0.05, 0) is 138 Å². The number of aromatic nitrogens is 2. The smallest absolute Gasteiger partial charge is 0.140 e. The Kier molecular flexibility index (Phi) is 9.26. The lowest BCUT2D eigenvalue weighted by molar-refractivity contribution is 0.645. The minimum Gasteiger partial charge on any atom is -0.355 e. The van der Waals surface area contributed by atoms with Crippen LogP contribution in [0.5, 0.6) is 0 Å². The summed E-state index contributed by atoms with van der Waals surface area (Å²) in [6.45, 7) is 1.69. The van der Waals surface area contributed by atoms with Crippen molar-refractivity contribution >= 4 is 49.5 Å². The van der Waals surface area contributed by atoms with E-state index in [0.717, 1.165) is 48.5 Å². The predicted octanol–water partition coefficient (Wildman–Crippen LogP) is 14.8. The van der Waals surface area contributed by atoms with Gasteiger partial charge in [0.05, 0.1) is 29.1 Å². The van der Waals surface area contributed by atoms with Crippen molar-refractivity contribution < 1.29 is 0 Å². The molecule has 308 valence electrons. The molecule has 0 radical (unpaired) electrons. The summed E-state index contributed by atoms with van der Waals surface area (Å²) in [6, 6.07) is 60.6. The molecule has 2 heterocycles. The summed E-state index contributed by atoms with van der Waals surface area (Å²) < 4.78 is 2.23. The van der Waals surface area contributed by atoms with Crippen molar-refractivity contribution in [1.82, 2.24) is 9.55 Å². The Balaban J connectivity index is 0.822. The molecule has 12 rings (SSSR count). The van der Waals surface area contributed by atoms with Gasteiger partial charge in [0.15, 0.2) is 0 Å². The Morgan fingerprint density at radius 1 is 0.547 bits per heavy atom. The van der Waals surface area contributed by atoms with E-state index < -0.39 is 0 Å². The van der Waals surface area contributed by atoms with Crippen molar-refractivity contribution in [2.75, 3.05) is 23.5 Å². The van der Waals surface area contributed by atoms with Gasteiger partial charge < -0.3 is 14.4 Å². The molecule has 3 aliphatic rings. The summed E-state index contributed by atoms with van der Waals surface area (Å²) in [5.41, 5.74) is 18.4. The molecule has 0 amide bonds. The molecule has 4 nitrogen and oxygen atoms in total. The van der Waals surface area contributed by atoms with E-state index in [-0.39, 0.29) is 0 Å². The number of fused-ring (bicyclic) bond motifs is 5. The van der Waals surface area contributed by atoms with Crippen molar-refractivity contribution in [3.63, 3.8) is 0 Å². The van der Waals surface area contributed by atoms with E-state index in [1.165, 1.54) is 88.6 Å². The number of benzene rings is 8. The van der Waals surface area contributed by atoms with Crippen LogP contribution in [-0.2, 0) is 13.6 Å². The van der Waals surface area contributed by atoms with Crippen LogP contribution in [0.1, 0.15) is 24.0 Å². The van der Waals surface area contributed by atoms with Gasteiger partial charge in [0.2, 0.25) is 0 Å². The molecule has 0 saturated heterocycles. The molecule has 1 aromatic heterocycles. The second-order valence-electron chi connectivity index (χ2n) is 17.8. The van der Waals surface area contributed by atoms with Crippen LogP contribution in [0.3, 0.4) is 0 Å². The number of imidazole rings is 1. The molecular formula is C60H48N4. The monoisotopic (exact) mass is 824 g/mol. The van der Waals surface area contributed by atoms with Gasteiger partial charge >= 0.3 is 0 Å². The largest absolute Gasteiger partial charge is 0.355 e. The summed E-state index contributed by atoms with van der Waals surface area (Å²) in [5, 5.41) is 5.01. The third kappa shape index (κ3) is 6.83. The van der Waals surface area contributed by atoms with Gasteiger partial charge in [0.25, 0.3) is 0 Å². The van der Waals surface area contributed by atoms with Gasteiger partial charge in [-0.15, -0.1) is 0 Å². The number of hydrogen-bond acceptors (Lipinski definition) is 3. The Morgan fingerprint density at radius 3 is 1.95 bits per heavy atom. The van der Waals surface area contributed by atoms with E-state index in [1.54, 1.807) is 0 Å². The van der Waals surface area contributed by atoms with Gasteiger partial charge in [-0.1, -0.05) is 158 Å². The molecule has 0 fully saturated rings. The Bertz CT molecular complexity index is 3420. The van der Waals surface area contributed by atoms with Gasteiger partial charge in [0, 0.05) is 26.2 Å². The van der Waals surface area contributed by atoms with E-state index in [2.05, 4.69) is 229 Å². The fourth-order valence-electron chi connectivity index (χ4n) is 10.2. The molecule has 0 N–H and O–H groups in total. The summed E-state index contributed by atoms with van der Waals surface area (Å²) in [7, 11) is 4.32. The van der Waals surface area contributed by atoms with E-state index in [0.29, 0.717) is 5.92 Å². The lowest BCUT2D eigenvalue weighted by Crippen LogP contribution is -2.27. The highest BCUT2D eigenvalue weighted by Gasteiger charge is 2.24. The first-order valence-corrected chi connectivity index (χ1v) is 22.5. The zero-order valence-electron chi connectivity index (χ0n) is 36.2. The lowest BCUT2D eigenvalue weighted by atomic mass is 9.85. The summed E-state index contributed by atoms with van der Waals surface area (Å²) in [4.78, 5) is 10.1. The summed E-state index contributed by atoms with van der Waals surface area (Å²) >= 11 is 0. The van der Waals surface area contributed by atoms with Crippen LogP contribution in [0.2, 0.25) is 0 Å². The fraction of sp³-hybridized carbons (Fsp3) is 0.117. The maximum Gasteiger partial charge on any atom is 0.140 e. The van der Waals surface area contributed by atoms with Gasteiger partial charge in [-0.3, -0.25) is 0 Å². The SMILES string of the molecule is CN1CN(Cc2ccc(-c3cc4ccccc4cc3-c3ccc(-c4nc5cc(C6=CCC7CC=CC=CC7=C6)ccc5n4C)cc3)cc2)c2cc(-c3ccc4ccccc4c3)ccc21. The number of hydrogen-bond donors (Lipinski definition) is 0. The van der Waals surface area contributed by atoms with Gasteiger partial charge in [-0.25, -0.2) is 4.98 Å². The minimum absolute atomic E-state index is 0.572. The quantitative estimate of drug-likeness (QED) is 0.160. The Hall–Kier alpha value is -7.69. The first-order valence-electron chi connectivity index (χ1n) is 22.5. The average Bonchev–Trinajstić information content (AvgIpc) is 3.72. The highest BCUT2D eigenvalue weighted by molar-refractivity contribution is 5.97. The van der Waals surface area contributed by atoms with Gasteiger partial charge in [0.1, 0.15) is 5.82 Å². The molecule has 9 aromatic rings. The van der Waals surface area contributed by atoms with E-state index >= 15 is 0 Å². The van der Waals surface area contributed by atoms with Crippen molar-refractivity contribution in [3.8, 4) is 44.8 Å². The van der Waals surface area contributed by atoms with Crippen molar-refractivity contribution in [3.05, 3.63) is 217 Å². The van der Waals surface area contributed by atoms with Crippen LogP contribution >= 0.6 is 0 Å². The van der Waals surface area contributed by atoms with Crippen LogP contribution in [0.15, 0.2) is 206 Å². The molecule has 1 atom stereocenters. The standard InChI is InChI=1S/C60H48N4/c1-62-39-64(59-37-53(29-31-58(59)62)51-27-21-42-11-6-7-13-47(42)33-51)38-40-16-18-43(19-17-40)54-34-48-14-8-9-15-49(48)35-55(54)44-22-24-45(25-23-44)60-61-56-36-52(28-30-57(56)63(60)2)50-26-20-41-10-4-3-5-12-46(41)32-50/h3-9,11-19,21-37,41H,10,20,38-39H2,1-2H3. The Labute approximate surface area is 375 Å². The van der Waals surface area contributed by atoms with Crippen LogP contribution < -0.4 is 9.80 Å². The molecule has 8 aromatic carbocycles. The highest BCUT2D eigenvalue weighted by atomic mass is 15.4. The first-order chi connectivity index (χ1) is 31.5. The Morgan fingerprint density at radius 2 is 1.19 bits per heavy atom. The summed E-state index contributed by atoms with van der Waals surface area (Å²) in [5.74, 6) is 1.54. The predicted molar refractivity (Wildman–Crippen MR) is 270 cm³/mol. The van der Waals surface area contributed by atoms with Crippen molar-refractivity contribution in [2.45, 2.75) is 19.4 Å². The lowest BCUT2D eigenvalue weighted by Gasteiger charge is -2.20. The van der Waals surface area contributed by atoms with E-state index in [1.807, 2.05) is 0 Å². The second-order valence-corrected chi connectivity index (χ2v) is 17.8. The molecule has 0 saturated carbocycles. The molecule has 4 heteroatoms. The fourth-order valence-corrected chi connectivity index (χ4v) is 10.2. The number of anilines is 2. The molecule has 1 aliphatic heterocycles. The van der Waals surface area contributed by atoms with Crippen LogP contribution in [0, 0.1) is 5.92 Å². The second kappa shape index (κ2) is 15.6. The topological polar surface area (TPSA) is 24.3 Å². The highest BCUT2D eigenvalue weighted by Crippen LogP contribution is 2.41. The number of rotatable bonds is 7. The number of nitrogens with zero attached hydrogens (tertiary/aromatic N) is 4. The van der Waals surface area contributed by atoms with Crippen molar-refractivity contribution in [2.24, 2.45) is 13.0 Å². The molecule has 1 unspecified atom stereocenters. The maximum absolute atomic E-state index is 5.22. The molecule has 2 aliphatic carbocycles. The molecular weight excluding hydrogens is 777 g/mol. The molecule has 0 bridgehead atoms. The first kappa shape index (κ1) is 38.0. The van der Waals surface area contributed by atoms with Crippen LogP contribution in [-0.4, -0.2) is 23.3 Å². The van der Waals surface area contributed by atoms with Gasteiger partial charge in [-0.2, -0.15) is 0 Å². The van der Waals surface area contributed by atoms with E-state index in [4.69, 9.17) is 4.98 Å². The van der Waals surface area contributed by atoms with Crippen molar-refractivity contribution in [1.29, 1.82) is 0 Å². The third-order valence-corrected chi connectivity index (χ3v) is 13.8. The number of aryl methyl sites for hydroxylation is 1. The van der Waals surface area contributed by atoms with Crippen LogP contribution in [0.4, 0.5) is 11.4 Å². The average molecular weight is 825 g/mol. The zero-order valence-corrected chi connectivity index (χ0v) is 36.2. The molecule has 0 spiro atoms. The van der Waals surface area contributed by atoms with E-state index in [9.17, 15) is 0 Å². The third-order valence-electron chi connectivity index (χ3n) is 13.8. The number of allylic oxidation sites excluding steroid dienone is 8.